The number of rotatable bonds is 7. The van der Waals surface area contributed by atoms with Gasteiger partial charge in [0.05, 0.1) is 5.02 Å². The molecule has 0 bridgehead atoms. The quantitative estimate of drug-likeness (QED) is 0.663. The van der Waals surface area contributed by atoms with Gasteiger partial charge in [0.1, 0.15) is 11.4 Å². The normalized spacial score (nSPS) is 10.5. The van der Waals surface area contributed by atoms with Crippen molar-refractivity contribution in [1.82, 2.24) is 20.5 Å². The molecule has 134 valence electrons. The molecule has 0 radical (unpaired) electrons. The van der Waals surface area contributed by atoms with E-state index in [4.69, 9.17) is 32.4 Å². The molecule has 2 aromatic heterocycles. The summed E-state index contributed by atoms with van der Waals surface area (Å²) < 4.78 is 10.9. The fourth-order valence-corrected chi connectivity index (χ4v) is 2.51. The number of hydrogen-bond donors (Lipinski definition) is 1. The lowest BCUT2D eigenvalue weighted by Gasteiger charge is -2.08. The van der Waals surface area contributed by atoms with Crippen molar-refractivity contribution in [3.63, 3.8) is 0 Å². The van der Waals surface area contributed by atoms with Gasteiger partial charge < -0.3 is 14.5 Å². The third kappa shape index (κ3) is 4.93. The van der Waals surface area contributed by atoms with E-state index >= 15 is 0 Å². The van der Waals surface area contributed by atoms with Crippen molar-refractivity contribution < 1.29 is 13.9 Å². The van der Waals surface area contributed by atoms with Gasteiger partial charge in [-0.15, -0.1) is 10.2 Å². The van der Waals surface area contributed by atoms with E-state index in [-0.39, 0.29) is 12.5 Å². The maximum Gasteiger partial charge on any atom is 0.266 e. The third-order valence-corrected chi connectivity index (χ3v) is 3.80. The molecule has 0 spiro atoms. The molecule has 26 heavy (non-hydrogen) atoms. The van der Waals surface area contributed by atoms with E-state index in [2.05, 4.69) is 20.5 Å². The monoisotopic (exact) mass is 392 g/mol. The molecule has 1 amide bonds. The number of carbonyl (C=O) groups is 1. The summed E-state index contributed by atoms with van der Waals surface area (Å²) in [5, 5.41) is 11.4. The summed E-state index contributed by atoms with van der Waals surface area (Å²) >= 11 is 11.8. The Bertz CT molecular complexity index is 887. The van der Waals surface area contributed by atoms with E-state index in [1.54, 1.807) is 36.5 Å². The number of halogens is 2. The van der Waals surface area contributed by atoms with E-state index in [1.165, 1.54) is 0 Å². The lowest BCUT2D eigenvalue weighted by atomic mass is 10.3. The van der Waals surface area contributed by atoms with Crippen molar-refractivity contribution in [2.75, 3.05) is 13.2 Å². The fraction of sp³-hybridized carbons (Fsp3) is 0.176. The van der Waals surface area contributed by atoms with E-state index < -0.39 is 0 Å². The van der Waals surface area contributed by atoms with E-state index in [0.29, 0.717) is 46.2 Å². The molecule has 0 aliphatic carbocycles. The van der Waals surface area contributed by atoms with Gasteiger partial charge in [-0.05, 0) is 30.3 Å². The third-order valence-electron chi connectivity index (χ3n) is 3.26. The van der Waals surface area contributed by atoms with Crippen molar-refractivity contribution in [2.24, 2.45) is 0 Å². The first-order chi connectivity index (χ1) is 12.6. The second-order valence-corrected chi connectivity index (χ2v) is 6.02. The van der Waals surface area contributed by atoms with Crippen LogP contribution in [0, 0.1) is 0 Å². The second-order valence-electron chi connectivity index (χ2n) is 5.18. The largest absolute Gasteiger partial charge is 0.482 e. The molecule has 0 saturated heterocycles. The van der Waals surface area contributed by atoms with E-state index in [1.807, 2.05) is 6.07 Å². The molecule has 1 N–H and O–H groups in total. The predicted octanol–water partition coefficient (Wildman–Crippen LogP) is 3.18. The molecule has 3 rings (SSSR count). The molecule has 0 fully saturated rings. The number of carbonyl (C=O) groups excluding carboxylic acids is 1. The average molecular weight is 393 g/mol. The smallest absolute Gasteiger partial charge is 0.266 e. The summed E-state index contributed by atoms with van der Waals surface area (Å²) in [5.41, 5.74) is 0.600. The molecule has 0 unspecified atom stereocenters. The van der Waals surface area contributed by atoms with Crippen molar-refractivity contribution >= 4 is 29.1 Å². The van der Waals surface area contributed by atoms with Crippen LogP contribution in [0.4, 0.5) is 0 Å². The van der Waals surface area contributed by atoms with Crippen LogP contribution in [-0.4, -0.2) is 34.2 Å². The first-order valence-electron chi connectivity index (χ1n) is 7.70. The molecule has 3 aromatic rings. The van der Waals surface area contributed by atoms with Gasteiger partial charge >= 0.3 is 0 Å². The summed E-state index contributed by atoms with van der Waals surface area (Å²) in [6.07, 6.45) is 2.04. The first-order valence-corrected chi connectivity index (χ1v) is 8.46. The molecule has 0 saturated carbocycles. The average Bonchev–Trinajstić information content (AvgIpc) is 3.11. The van der Waals surface area contributed by atoms with Gasteiger partial charge in [0.25, 0.3) is 11.8 Å². The first kappa shape index (κ1) is 18.2. The number of hydrogen-bond acceptors (Lipinski definition) is 6. The van der Waals surface area contributed by atoms with Crippen molar-refractivity contribution in [2.45, 2.75) is 6.42 Å². The molecule has 9 heteroatoms. The fourth-order valence-electron chi connectivity index (χ4n) is 2.04. The molecule has 7 nitrogen and oxygen atoms in total. The van der Waals surface area contributed by atoms with Gasteiger partial charge in [0.2, 0.25) is 5.89 Å². The Labute approximate surface area is 159 Å². The van der Waals surface area contributed by atoms with Crippen LogP contribution in [-0.2, 0) is 11.2 Å². The minimum atomic E-state index is -0.291. The molecule has 1 aromatic carbocycles. The van der Waals surface area contributed by atoms with Crippen LogP contribution in [0.1, 0.15) is 5.89 Å². The zero-order valence-electron chi connectivity index (χ0n) is 13.5. The van der Waals surface area contributed by atoms with Crippen molar-refractivity contribution in [3.05, 3.63) is 58.5 Å². The lowest BCUT2D eigenvalue weighted by Crippen LogP contribution is -2.30. The minimum Gasteiger partial charge on any atom is -0.482 e. The Kier molecular flexibility index (Phi) is 6.04. The number of pyridine rings is 1. The number of amides is 1. The van der Waals surface area contributed by atoms with Gasteiger partial charge in [-0.1, -0.05) is 29.3 Å². The molecule has 0 atom stereocenters. The number of nitrogens with zero attached hydrogens (tertiary/aromatic N) is 3. The lowest BCUT2D eigenvalue weighted by molar-refractivity contribution is -0.123. The molecule has 0 aliphatic heterocycles. The number of nitrogens with one attached hydrogen (secondary N) is 1. The van der Waals surface area contributed by atoms with Gasteiger partial charge in [0.15, 0.2) is 6.61 Å². The summed E-state index contributed by atoms with van der Waals surface area (Å²) in [4.78, 5) is 16.0. The Balaban J connectivity index is 1.43. The van der Waals surface area contributed by atoms with Crippen LogP contribution in [0.3, 0.4) is 0 Å². The maximum absolute atomic E-state index is 11.8. The molecular formula is C17H14Cl2N4O3. The van der Waals surface area contributed by atoms with Gasteiger partial charge in [-0.3, -0.25) is 9.78 Å². The topological polar surface area (TPSA) is 90.1 Å². The highest BCUT2D eigenvalue weighted by Crippen LogP contribution is 2.27. The van der Waals surface area contributed by atoms with Crippen LogP contribution >= 0.6 is 23.2 Å². The predicted molar refractivity (Wildman–Crippen MR) is 96.2 cm³/mol. The van der Waals surface area contributed by atoms with Crippen molar-refractivity contribution in [1.29, 1.82) is 0 Å². The molecule has 0 aliphatic rings. The zero-order chi connectivity index (χ0) is 18.4. The Morgan fingerprint density at radius 1 is 1.19 bits per heavy atom. The number of aromatic nitrogens is 3. The van der Waals surface area contributed by atoms with Gasteiger partial charge in [-0.25, -0.2) is 0 Å². The van der Waals surface area contributed by atoms with E-state index in [9.17, 15) is 4.79 Å². The van der Waals surface area contributed by atoms with Crippen LogP contribution in [0.2, 0.25) is 10.0 Å². The maximum atomic E-state index is 11.8. The number of benzene rings is 1. The Hall–Kier alpha value is -2.64. The number of ether oxygens (including phenoxy) is 1. The SMILES string of the molecule is O=C(COc1ccc(Cl)cc1Cl)NCCc1nnc(-c2ccccn2)o1. The zero-order valence-corrected chi connectivity index (χ0v) is 15.0. The summed E-state index contributed by atoms with van der Waals surface area (Å²) in [6.45, 7) is 0.171. The summed E-state index contributed by atoms with van der Waals surface area (Å²) in [5.74, 6) is 0.851. The minimum absolute atomic E-state index is 0.162. The van der Waals surface area contributed by atoms with E-state index in [0.717, 1.165) is 0 Å². The Morgan fingerprint density at radius 2 is 2.08 bits per heavy atom. The summed E-state index contributed by atoms with van der Waals surface area (Å²) in [7, 11) is 0. The Morgan fingerprint density at radius 3 is 2.85 bits per heavy atom. The van der Waals surface area contributed by atoms with Crippen LogP contribution in [0.25, 0.3) is 11.6 Å². The van der Waals surface area contributed by atoms with Crippen LogP contribution < -0.4 is 10.1 Å². The van der Waals surface area contributed by atoms with Crippen LogP contribution in [0.15, 0.2) is 47.0 Å². The second kappa shape index (κ2) is 8.64. The van der Waals surface area contributed by atoms with Gasteiger partial charge in [0, 0.05) is 24.2 Å². The van der Waals surface area contributed by atoms with Crippen molar-refractivity contribution in [3.8, 4) is 17.3 Å². The molecule has 2 heterocycles. The van der Waals surface area contributed by atoms with Crippen LogP contribution in [0.5, 0.6) is 5.75 Å². The standard InChI is InChI=1S/C17H14Cl2N4O3/c18-11-4-5-14(12(19)9-11)25-10-15(24)21-8-6-16-22-23-17(26-16)13-3-1-2-7-20-13/h1-5,7,9H,6,8,10H2,(H,21,24). The highest BCUT2D eigenvalue weighted by Gasteiger charge is 2.10. The highest BCUT2D eigenvalue weighted by atomic mass is 35.5. The molecular weight excluding hydrogens is 379 g/mol. The highest BCUT2D eigenvalue weighted by molar-refractivity contribution is 6.35. The summed E-state index contributed by atoms with van der Waals surface area (Å²) in [6, 6.07) is 10.2. The van der Waals surface area contributed by atoms with Gasteiger partial charge in [-0.2, -0.15) is 0 Å².